The third-order valence-electron chi connectivity index (χ3n) is 5.22. The first-order valence-corrected chi connectivity index (χ1v) is 10.2. The summed E-state index contributed by atoms with van der Waals surface area (Å²) < 4.78 is 6.45. The van der Waals surface area contributed by atoms with Crippen molar-refractivity contribution in [3.63, 3.8) is 0 Å². The van der Waals surface area contributed by atoms with Crippen molar-refractivity contribution in [1.82, 2.24) is 23.1 Å². The van der Waals surface area contributed by atoms with Crippen molar-refractivity contribution in [2.75, 3.05) is 0 Å². The number of rotatable bonds is 5. The number of aryl methyl sites for hydroxylation is 3. The second kappa shape index (κ2) is 7.39. The van der Waals surface area contributed by atoms with E-state index in [-0.39, 0.29) is 6.54 Å². The van der Waals surface area contributed by atoms with Gasteiger partial charge < -0.3 is 4.57 Å². The smallest absolute Gasteiger partial charge is 0.314 e. The van der Waals surface area contributed by atoms with Crippen LogP contribution < -0.4 is 11.2 Å². The quantitative estimate of drug-likeness (QED) is 0.482. The van der Waals surface area contributed by atoms with Crippen molar-refractivity contribution in [1.29, 1.82) is 0 Å². The van der Waals surface area contributed by atoms with Gasteiger partial charge in [0.25, 0.3) is 5.56 Å². The lowest BCUT2D eigenvalue weighted by Gasteiger charge is -2.09. The molecular formula is C20H21Cl2N5O2. The molecule has 0 saturated carbocycles. The molecule has 3 heterocycles. The van der Waals surface area contributed by atoms with E-state index in [1.165, 1.54) is 9.13 Å². The number of aromatic nitrogens is 5. The van der Waals surface area contributed by atoms with Crippen molar-refractivity contribution in [2.24, 2.45) is 7.05 Å². The lowest BCUT2D eigenvalue weighted by Crippen LogP contribution is -2.39. The maximum atomic E-state index is 13.3. The summed E-state index contributed by atoms with van der Waals surface area (Å²) in [5.41, 5.74) is 1.58. The third-order valence-corrected chi connectivity index (χ3v) is 5.81. The molecule has 4 rings (SSSR count). The molecule has 9 heteroatoms. The van der Waals surface area contributed by atoms with Crippen LogP contribution >= 0.6 is 23.2 Å². The summed E-state index contributed by atoms with van der Waals surface area (Å²) in [6.07, 6.45) is 3.95. The maximum Gasteiger partial charge on any atom is 0.332 e. The van der Waals surface area contributed by atoms with Crippen LogP contribution in [0, 0.1) is 6.92 Å². The predicted octanol–water partition coefficient (Wildman–Crippen LogP) is 3.61. The van der Waals surface area contributed by atoms with E-state index in [4.69, 9.17) is 23.2 Å². The van der Waals surface area contributed by atoms with Gasteiger partial charge >= 0.3 is 5.69 Å². The number of benzene rings is 1. The molecule has 0 fully saturated rings. The second-order valence-electron chi connectivity index (χ2n) is 7.20. The first-order chi connectivity index (χ1) is 13.8. The molecule has 0 radical (unpaired) electrons. The Morgan fingerprint density at radius 1 is 1.14 bits per heavy atom. The van der Waals surface area contributed by atoms with Gasteiger partial charge in [-0.05, 0) is 31.0 Å². The third kappa shape index (κ3) is 3.18. The van der Waals surface area contributed by atoms with Gasteiger partial charge in [-0.15, -0.1) is 0 Å². The van der Waals surface area contributed by atoms with Crippen LogP contribution in [0.3, 0.4) is 0 Å². The van der Waals surface area contributed by atoms with E-state index >= 15 is 0 Å². The molecule has 0 N–H and O–H groups in total. The number of hydrogen-bond acceptors (Lipinski definition) is 3. The average molecular weight is 434 g/mol. The fourth-order valence-electron chi connectivity index (χ4n) is 3.61. The van der Waals surface area contributed by atoms with Crippen LogP contribution in [-0.4, -0.2) is 23.1 Å². The first-order valence-electron chi connectivity index (χ1n) is 9.45. The van der Waals surface area contributed by atoms with Crippen LogP contribution in [0.15, 0.2) is 34.0 Å². The molecule has 0 atom stereocenters. The first kappa shape index (κ1) is 19.8. The normalized spacial score (nSPS) is 11.8. The highest BCUT2D eigenvalue weighted by Gasteiger charge is 2.20. The van der Waals surface area contributed by atoms with E-state index in [9.17, 15) is 9.59 Å². The van der Waals surface area contributed by atoms with Crippen LogP contribution in [0.25, 0.3) is 16.9 Å². The molecule has 0 aliphatic rings. The lowest BCUT2D eigenvalue weighted by molar-refractivity contribution is 0.631. The van der Waals surface area contributed by atoms with Crippen LogP contribution in [0.5, 0.6) is 0 Å². The molecule has 7 nitrogen and oxygen atoms in total. The molecular weight excluding hydrogens is 413 g/mol. The number of hydrogen-bond donors (Lipinski definition) is 0. The van der Waals surface area contributed by atoms with E-state index < -0.39 is 11.2 Å². The van der Waals surface area contributed by atoms with Gasteiger partial charge in [0.05, 0.1) is 6.54 Å². The Morgan fingerprint density at radius 3 is 2.59 bits per heavy atom. The second-order valence-corrected chi connectivity index (χ2v) is 8.04. The van der Waals surface area contributed by atoms with Crippen LogP contribution in [0.1, 0.15) is 31.0 Å². The highest BCUT2D eigenvalue weighted by atomic mass is 35.5. The minimum atomic E-state index is -0.439. The molecule has 152 valence electrons. The number of nitrogens with zero attached hydrogens (tertiary/aromatic N) is 5. The van der Waals surface area contributed by atoms with Crippen LogP contribution in [0.4, 0.5) is 0 Å². The summed E-state index contributed by atoms with van der Waals surface area (Å²) in [4.78, 5) is 30.8. The molecule has 0 unspecified atom stereocenters. The van der Waals surface area contributed by atoms with Gasteiger partial charge in [-0.25, -0.2) is 4.79 Å². The Kier molecular flexibility index (Phi) is 5.04. The minimum absolute atomic E-state index is 0.0558. The average Bonchev–Trinajstić information content (AvgIpc) is 3.18. The number of halogens is 2. The Hall–Kier alpha value is -2.51. The monoisotopic (exact) mass is 433 g/mol. The predicted molar refractivity (Wildman–Crippen MR) is 115 cm³/mol. The van der Waals surface area contributed by atoms with Gasteiger partial charge in [-0.2, -0.15) is 4.98 Å². The van der Waals surface area contributed by atoms with Gasteiger partial charge in [0, 0.05) is 35.5 Å². The van der Waals surface area contributed by atoms with Gasteiger partial charge in [0.15, 0.2) is 11.2 Å². The Bertz CT molecular complexity index is 1360. The van der Waals surface area contributed by atoms with E-state index in [1.54, 1.807) is 29.6 Å². The Labute approximate surface area is 176 Å². The van der Waals surface area contributed by atoms with E-state index in [0.717, 1.165) is 25.1 Å². The van der Waals surface area contributed by atoms with Crippen molar-refractivity contribution >= 4 is 40.1 Å². The highest BCUT2D eigenvalue weighted by Crippen LogP contribution is 2.22. The molecule has 0 spiro atoms. The zero-order valence-corrected chi connectivity index (χ0v) is 18.0. The zero-order valence-electron chi connectivity index (χ0n) is 16.4. The van der Waals surface area contributed by atoms with Crippen molar-refractivity contribution in [3.05, 3.63) is 66.5 Å². The van der Waals surface area contributed by atoms with E-state index in [0.29, 0.717) is 32.6 Å². The molecule has 0 saturated heterocycles. The van der Waals surface area contributed by atoms with Gasteiger partial charge in [-0.3, -0.25) is 18.3 Å². The van der Waals surface area contributed by atoms with E-state index in [1.807, 2.05) is 13.1 Å². The van der Waals surface area contributed by atoms with Crippen LogP contribution in [-0.2, 0) is 20.1 Å². The topological polar surface area (TPSA) is 66.2 Å². The van der Waals surface area contributed by atoms with E-state index in [2.05, 4.69) is 16.5 Å². The fraction of sp³-hybridized carbons (Fsp3) is 0.350. The molecule has 4 aromatic rings. The number of imidazole rings is 2. The fourth-order valence-corrected chi connectivity index (χ4v) is 4.08. The standard InChI is InChI=1S/C20H21Cl2N5O2/c1-4-5-8-25-12(2)10-26-16-17(23-19(25)26)24(3)20(29)27(18(16)28)11-13-6-7-14(21)9-15(13)22/h6-7,9-10H,4-5,8,11H2,1-3H3. The zero-order chi connectivity index (χ0) is 20.9. The summed E-state index contributed by atoms with van der Waals surface area (Å²) in [7, 11) is 1.62. The van der Waals surface area contributed by atoms with Gasteiger partial charge in [-0.1, -0.05) is 42.6 Å². The highest BCUT2D eigenvalue weighted by molar-refractivity contribution is 6.35. The van der Waals surface area contributed by atoms with Gasteiger partial charge in [0.1, 0.15) is 0 Å². The van der Waals surface area contributed by atoms with Gasteiger partial charge in [0.2, 0.25) is 5.78 Å². The largest absolute Gasteiger partial charge is 0.332 e. The van der Waals surface area contributed by atoms with Crippen molar-refractivity contribution in [3.8, 4) is 0 Å². The minimum Gasteiger partial charge on any atom is -0.314 e. The Balaban J connectivity index is 1.96. The molecule has 0 amide bonds. The molecule has 0 aliphatic carbocycles. The molecule has 0 aliphatic heterocycles. The Morgan fingerprint density at radius 2 is 1.90 bits per heavy atom. The van der Waals surface area contributed by atoms with Crippen LogP contribution in [0.2, 0.25) is 10.0 Å². The lowest BCUT2D eigenvalue weighted by atomic mass is 10.2. The number of unbranched alkanes of at least 4 members (excludes halogenated alkanes) is 1. The summed E-state index contributed by atoms with van der Waals surface area (Å²) in [6.45, 7) is 4.98. The summed E-state index contributed by atoms with van der Waals surface area (Å²) >= 11 is 12.2. The SMILES string of the molecule is CCCCn1c(C)cn2c3c(=O)n(Cc4ccc(Cl)cc4Cl)c(=O)n(C)c3nc12. The molecule has 0 bridgehead atoms. The maximum absolute atomic E-state index is 13.3. The summed E-state index contributed by atoms with van der Waals surface area (Å²) in [6, 6.07) is 5.00. The summed E-state index contributed by atoms with van der Waals surface area (Å²) in [5.74, 6) is 0.667. The summed E-state index contributed by atoms with van der Waals surface area (Å²) in [5, 5.41) is 0.905. The van der Waals surface area contributed by atoms with Crippen molar-refractivity contribution in [2.45, 2.75) is 39.8 Å². The molecule has 1 aromatic carbocycles. The number of fused-ring (bicyclic) bond motifs is 3. The van der Waals surface area contributed by atoms with Crippen molar-refractivity contribution < 1.29 is 0 Å². The molecule has 29 heavy (non-hydrogen) atoms. The molecule has 3 aromatic heterocycles.